The van der Waals surface area contributed by atoms with Crippen LogP contribution in [0.1, 0.15) is 20.8 Å². The zero-order chi connectivity index (χ0) is 11.6. The molecule has 0 bridgehead atoms. The Morgan fingerprint density at radius 2 is 2.07 bits per heavy atom. The van der Waals surface area contributed by atoms with Crippen molar-refractivity contribution in [1.29, 1.82) is 0 Å². The Kier molecular flexibility index (Phi) is 3.16. The van der Waals surface area contributed by atoms with E-state index < -0.39 is 5.60 Å². The monoisotopic (exact) mass is 216 g/mol. The van der Waals surface area contributed by atoms with Crippen LogP contribution in [0.15, 0.2) is 0 Å². The van der Waals surface area contributed by atoms with Gasteiger partial charge in [0.1, 0.15) is 5.60 Å². The van der Waals surface area contributed by atoms with Gasteiger partial charge in [0, 0.05) is 18.0 Å². The van der Waals surface area contributed by atoms with Gasteiger partial charge in [0.15, 0.2) is 0 Å². The van der Waals surface area contributed by atoms with Gasteiger partial charge in [-0.15, -0.1) is 0 Å². The Balaban J connectivity index is 2.27. The molecule has 6 heteroatoms. The lowest BCUT2D eigenvalue weighted by molar-refractivity contribution is -0.491. The van der Waals surface area contributed by atoms with Crippen molar-refractivity contribution in [1.82, 2.24) is 4.90 Å². The molecular weight excluding hydrogens is 200 g/mol. The quantitative estimate of drug-likeness (QED) is 0.512. The molecule has 1 aliphatic rings. The van der Waals surface area contributed by atoms with Gasteiger partial charge in [0.05, 0.1) is 5.92 Å². The van der Waals surface area contributed by atoms with E-state index in [2.05, 4.69) is 0 Å². The number of carbonyl (C=O) groups is 1. The predicted molar refractivity (Wildman–Crippen MR) is 53.2 cm³/mol. The van der Waals surface area contributed by atoms with Gasteiger partial charge in [0.2, 0.25) is 6.54 Å². The van der Waals surface area contributed by atoms with Gasteiger partial charge in [-0.2, -0.15) is 0 Å². The minimum atomic E-state index is -0.509. The van der Waals surface area contributed by atoms with Gasteiger partial charge in [-0.3, -0.25) is 10.1 Å². The Labute approximate surface area is 88.3 Å². The first-order chi connectivity index (χ1) is 6.78. The van der Waals surface area contributed by atoms with Gasteiger partial charge in [0.25, 0.3) is 0 Å². The maximum atomic E-state index is 11.4. The van der Waals surface area contributed by atoms with Crippen molar-refractivity contribution in [2.45, 2.75) is 26.4 Å². The smallest absolute Gasteiger partial charge is 0.410 e. The molecule has 86 valence electrons. The molecule has 1 rings (SSSR count). The SMILES string of the molecule is CC(C)(C)OC(=O)N1CC(C[N+](=O)[O-])C1. The number of carbonyl (C=O) groups excluding carboxylic acids is 1. The molecule has 1 amide bonds. The molecule has 0 radical (unpaired) electrons. The Morgan fingerprint density at radius 3 is 2.47 bits per heavy atom. The molecule has 0 atom stereocenters. The third-order valence-corrected chi connectivity index (χ3v) is 2.02. The maximum Gasteiger partial charge on any atom is 0.410 e. The third-order valence-electron chi connectivity index (χ3n) is 2.02. The highest BCUT2D eigenvalue weighted by molar-refractivity contribution is 5.69. The van der Waals surface area contributed by atoms with Crippen LogP contribution in [0.3, 0.4) is 0 Å². The highest BCUT2D eigenvalue weighted by atomic mass is 16.6. The van der Waals surface area contributed by atoms with Crippen LogP contribution < -0.4 is 0 Å². The van der Waals surface area contributed by atoms with Crippen molar-refractivity contribution in [2.75, 3.05) is 19.6 Å². The van der Waals surface area contributed by atoms with Crippen LogP contribution in [-0.2, 0) is 4.74 Å². The van der Waals surface area contributed by atoms with E-state index in [0.29, 0.717) is 13.1 Å². The number of amides is 1. The summed E-state index contributed by atoms with van der Waals surface area (Å²) < 4.78 is 5.11. The predicted octanol–water partition coefficient (Wildman–Crippen LogP) is 1.13. The molecule has 0 aliphatic carbocycles. The summed E-state index contributed by atoms with van der Waals surface area (Å²) in [5, 5.41) is 10.2. The van der Waals surface area contributed by atoms with Crippen LogP contribution >= 0.6 is 0 Å². The molecule has 1 heterocycles. The number of likely N-dealkylation sites (tertiary alicyclic amines) is 1. The van der Waals surface area contributed by atoms with Crippen molar-refractivity contribution in [3.8, 4) is 0 Å². The zero-order valence-electron chi connectivity index (χ0n) is 9.23. The molecule has 0 aromatic rings. The molecule has 1 fully saturated rings. The topological polar surface area (TPSA) is 72.7 Å². The Bertz CT molecular complexity index is 266. The van der Waals surface area contributed by atoms with E-state index in [1.54, 1.807) is 20.8 Å². The summed E-state index contributed by atoms with van der Waals surface area (Å²) in [6, 6.07) is 0. The number of hydrogen-bond acceptors (Lipinski definition) is 4. The second kappa shape index (κ2) is 4.04. The summed E-state index contributed by atoms with van der Waals surface area (Å²) in [5.41, 5.74) is -0.509. The molecule has 0 N–H and O–H groups in total. The molecule has 1 aliphatic heterocycles. The van der Waals surface area contributed by atoms with Crippen molar-refractivity contribution < 1.29 is 14.5 Å². The van der Waals surface area contributed by atoms with Crippen LogP contribution in [0, 0.1) is 16.0 Å². The minimum absolute atomic E-state index is 0.0208. The van der Waals surface area contributed by atoms with E-state index in [1.165, 1.54) is 4.90 Å². The number of rotatable bonds is 2. The molecular formula is C9H16N2O4. The second-order valence-electron chi connectivity index (χ2n) is 4.77. The summed E-state index contributed by atoms with van der Waals surface area (Å²) in [5.74, 6) is -0.0208. The summed E-state index contributed by atoms with van der Waals surface area (Å²) in [7, 11) is 0. The molecule has 0 unspecified atom stereocenters. The van der Waals surface area contributed by atoms with Crippen molar-refractivity contribution >= 4 is 6.09 Å². The first-order valence-corrected chi connectivity index (χ1v) is 4.87. The highest BCUT2D eigenvalue weighted by Gasteiger charge is 2.36. The van der Waals surface area contributed by atoms with Crippen molar-refractivity contribution in [2.24, 2.45) is 5.92 Å². The van der Waals surface area contributed by atoms with E-state index in [0.717, 1.165) is 0 Å². The van der Waals surface area contributed by atoms with Gasteiger partial charge in [-0.05, 0) is 20.8 Å². The van der Waals surface area contributed by atoms with E-state index >= 15 is 0 Å². The van der Waals surface area contributed by atoms with Gasteiger partial charge >= 0.3 is 6.09 Å². The Hall–Kier alpha value is -1.33. The van der Waals surface area contributed by atoms with Crippen LogP contribution in [0.5, 0.6) is 0 Å². The van der Waals surface area contributed by atoms with Crippen molar-refractivity contribution in [3.05, 3.63) is 10.1 Å². The molecule has 6 nitrogen and oxygen atoms in total. The second-order valence-corrected chi connectivity index (χ2v) is 4.77. The summed E-state index contributed by atoms with van der Waals surface area (Å²) in [6.45, 7) is 6.16. The maximum absolute atomic E-state index is 11.4. The average molecular weight is 216 g/mol. The van der Waals surface area contributed by atoms with Crippen LogP contribution in [0.4, 0.5) is 4.79 Å². The number of hydrogen-bond donors (Lipinski definition) is 0. The fourth-order valence-electron chi connectivity index (χ4n) is 1.37. The number of nitrogens with zero attached hydrogens (tertiary/aromatic N) is 2. The zero-order valence-corrected chi connectivity index (χ0v) is 9.23. The molecule has 15 heavy (non-hydrogen) atoms. The van der Waals surface area contributed by atoms with Crippen LogP contribution in [0.25, 0.3) is 0 Å². The highest BCUT2D eigenvalue weighted by Crippen LogP contribution is 2.19. The fraction of sp³-hybridized carbons (Fsp3) is 0.889. The normalized spacial score (nSPS) is 17.1. The minimum Gasteiger partial charge on any atom is -0.444 e. The standard InChI is InChI=1S/C9H16N2O4/c1-9(2,3)15-8(12)10-4-7(5-10)6-11(13)14/h7H,4-6H2,1-3H3. The van der Waals surface area contributed by atoms with Gasteiger partial charge in [-0.1, -0.05) is 0 Å². The number of ether oxygens (including phenoxy) is 1. The fourth-order valence-corrected chi connectivity index (χ4v) is 1.37. The van der Waals surface area contributed by atoms with Gasteiger partial charge < -0.3 is 9.64 Å². The van der Waals surface area contributed by atoms with E-state index in [9.17, 15) is 14.9 Å². The van der Waals surface area contributed by atoms with E-state index in [1.807, 2.05) is 0 Å². The molecule has 0 aromatic carbocycles. The lowest BCUT2D eigenvalue weighted by Gasteiger charge is -2.37. The lowest BCUT2D eigenvalue weighted by atomic mass is 10.0. The largest absolute Gasteiger partial charge is 0.444 e. The number of nitro groups is 1. The third kappa shape index (κ3) is 3.73. The van der Waals surface area contributed by atoms with Crippen LogP contribution in [0.2, 0.25) is 0 Å². The average Bonchev–Trinajstić information content (AvgIpc) is 1.91. The molecule has 0 spiro atoms. The summed E-state index contributed by atoms with van der Waals surface area (Å²) >= 11 is 0. The van der Waals surface area contributed by atoms with E-state index in [4.69, 9.17) is 4.74 Å². The lowest BCUT2D eigenvalue weighted by Crippen LogP contribution is -2.53. The first-order valence-electron chi connectivity index (χ1n) is 4.87. The Morgan fingerprint density at radius 1 is 1.53 bits per heavy atom. The molecule has 1 saturated heterocycles. The first kappa shape index (κ1) is 11.7. The van der Waals surface area contributed by atoms with E-state index in [-0.39, 0.29) is 23.5 Å². The van der Waals surface area contributed by atoms with Crippen molar-refractivity contribution in [3.63, 3.8) is 0 Å². The molecule has 0 aromatic heterocycles. The summed E-state index contributed by atoms with van der Waals surface area (Å²) in [6.07, 6.45) is -0.387. The summed E-state index contributed by atoms with van der Waals surface area (Å²) in [4.78, 5) is 22.7. The molecule has 0 saturated carbocycles. The van der Waals surface area contributed by atoms with Crippen LogP contribution in [-0.4, -0.2) is 41.2 Å². The van der Waals surface area contributed by atoms with Gasteiger partial charge in [-0.25, -0.2) is 4.79 Å².